The minimum Gasteiger partial charge on any atom is -0.466 e. The highest BCUT2D eigenvalue weighted by molar-refractivity contribution is 6.63. The smallest absolute Gasteiger partial charge is 0.322 e. The van der Waals surface area contributed by atoms with Gasteiger partial charge in [-0.3, -0.25) is 24.3 Å². The van der Waals surface area contributed by atoms with Crippen LogP contribution in [-0.2, 0) is 23.9 Å². The number of Topliss-reactive ketones (excluding diaryl/α,β-unsaturated/α-hetero) is 2. The molecule has 0 atom stereocenters. The van der Waals surface area contributed by atoms with Crippen LogP contribution in [0.5, 0.6) is 0 Å². The maximum Gasteiger partial charge on any atom is 0.322 e. The molecular formula is C51H98N3O5+. The number of unbranched alkanes of at least 4 members (excludes halogenated alkanes) is 26. The van der Waals surface area contributed by atoms with Crippen molar-refractivity contribution >= 4 is 29.7 Å². The number of carbonyl (C=O) groups is 4. The molecule has 8 heteroatoms. The highest BCUT2D eigenvalue weighted by Gasteiger charge is 2.27. The Morgan fingerprint density at radius 1 is 0.542 bits per heavy atom. The Kier molecular flexibility index (Phi) is 43.8. The summed E-state index contributed by atoms with van der Waals surface area (Å²) in [5, 5.41) is 3.38. The van der Waals surface area contributed by atoms with Gasteiger partial charge in [-0.1, -0.05) is 175 Å². The fraction of sp³-hybridized carbons (Fsp3) is 0.902. The standard InChI is InChI=1S/C44H83N3O4.C7H14O/c1-4-6-8-10-12-13-14-15-16-17-18-22-27-35-46(37-32-34-45-44(43(50)41(3)48)47-38-29-25-30-39-47)36-28-23-20-21-26-33-42(49)51-40-31-24-19-11-9-7-5-2;1-2-3-4-5-6-7-8/h4-40H2,1-3H3;7H,2-6H2,1H3/p+1. The molecule has 8 nitrogen and oxygen atoms in total. The van der Waals surface area contributed by atoms with Gasteiger partial charge in [-0.05, 0) is 70.9 Å². The average Bonchev–Trinajstić information content (AvgIpc) is 3.24. The van der Waals surface area contributed by atoms with Crippen LogP contribution < -0.4 is 5.32 Å². The minimum absolute atomic E-state index is 0.0238. The molecule has 0 aromatic carbocycles. The van der Waals surface area contributed by atoms with Crippen LogP contribution >= 0.6 is 0 Å². The number of amidine groups is 1. The van der Waals surface area contributed by atoms with Gasteiger partial charge in [0.25, 0.3) is 0 Å². The van der Waals surface area contributed by atoms with Crippen molar-refractivity contribution in [2.75, 3.05) is 45.9 Å². The van der Waals surface area contributed by atoms with Crippen LogP contribution in [0.2, 0.25) is 0 Å². The van der Waals surface area contributed by atoms with Crippen molar-refractivity contribution in [2.45, 2.75) is 252 Å². The van der Waals surface area contributed by atoms with E-state index in [0.717, 1.165) is 96.9 Å². The second-order valence-corrected chi connectivity index (χ2v) is 17.5. The molecule has 0 spiro atoms. The highest BCUT2D eigenvalue weighted by atomic mass is 16.5. The minimum atomic E-state index is -0.382. The number of carbonyl (C=O) groups excluding carboxylic acids is 4. The number of esters is 1. The maximum absolute atomic E-state index is 12.7. The Labute approximate surface area is 365 Å². The van der Waals surface area contributed by atoms with E-state index in [0.29, 0.717) is 18.9 Å². The Balaban J connectivity index is 0.00000378. The first-order chi connectivity index (χ1) is 28.9. The molecule has 59 heavy (non-hydrogen) atoms. The maximum atomic E-state index is 12.7. The zero-order valence-electron chi connectivity index (χ0n) is 39.7. The molecule has 1 heterocycles. The van der Waals surface area contributed by atoms with Crippen LogP contribution in [0.1, 0.15) is 252 Å². The summed E-state index contributed by atoms with van der Waals surface area (Å²) < 4.78 is 7.55. The molecule has 346 valence electrons. The largest absolute Gasteiger partial charge is 0.466 e. The third kappa shape index (κ3) is 38.6. The van der Waals surface area contributed by atoms with Gasteiger partial charge in [-0.2, -0.15) is 0 Å². The van der Waals surface area contributed by atoms with E-state index in [-0.39, 0.29) is 17.5 Å². The van der Waals surface area contributed by atoms with Crippen molar-refractivity contribution in [3.63, 3.8) is 0 Å². The zero-order chi connectivity index (χ0) is 43.3. The summed E-state index contributed by atoms with van der Waals surface area (Å²) in [6, 6.07) is 0. The molecule has 1 rings (SSSR count). The lowest BCUT2D eigenvalue weighted by Crippen LogP contribution is -2.45. The molecule has 0 aliphatic carbocycles. The van der Waals surface area contributed by atoms with Crippen molar-refractivity contribution in [3.05, 3.63) is 0 Å². The van der Waals surface area contributed by atoms with Crippen molar-refractivity contribution in [3.8, 4) is 0 Å². The second-order valence-electron chi connectivity index (χ2n) is 17.5. The quantitative estimate of drug-likeness (QED) is 0.0164. The molecule has 0 bridgehead atoms. The average molecular weight is 833 g/mol. The van der Waals surface area contributed by atoms with Gasteiger partial charge in [-0.25, -0.2) is 0 Å². The number of hydrogen-bond donors (Lipinski definition) is 1. The number of aldehydes is 1. The van der Waals surface area contributed by atoms with Crippen LogP contribution in [0.15, 0.2) is 0 Å². The predicted molar refractivity (Wildman–Crippen MR) is 251 cm³/mol. The molecular weight excluding hydrogens is 735 g/mol. The number of nitrogens with one attached hydrogen (secondary N) is 1. The Morgan fingerprint density at radius 3 is 1.44 bits per heavy atom. The van der Waals surface area contributed by atoms with Crippen molar-refractivity contribution in [1.82, 2.24) is 10.2 Å². The fourth-order valence-corrected chi connectivity index (χ4v) is 7.92. The number of hydrogen-bond acceptors (Lipinski definition) is 6. The molecule has 1 aliphatic heterocycles. The van der Waals surface area contributed by atoms with Gasteiger partial charge in [0.1, 0.15) is 6.29 Å². The van der Waals surface area contributed by atoms with Crippen LogP contribution in [-0.4, -0.2) is 85.0 Å². The van der Waals surface area contributed by atoms with Crippen molar-refractivity contribution in [2.24, 2.45) is 0 Å². The van der Waals surface area contributed by atoms with Crippen LogP contribution in [0.25, 0.3) is 0 Å². The molecule has 1 N–H and O–H groups in total. The Bertz CT molecular complexity index is 1010. The van der Waals surface area contributed by atoms with E-state index < -0.39 is 0 Å². The van der Waals surface area contributed by atoms with Crippen molar-refractivity contribution in [1.29, 1.82) is 0 Å². The van der Waals surface area contributed by atoms with Crippen LogP contribution in [0.4, 0.5) is 0 Å². The number of nitrogens with zero attached hydrogens (tertiary/aromatic N) is 2. The van der Waals surface area contributed by atoms with E-state index >= 15 is 0 Å². The van der Waals surface area contributed by atoms with Gasteiger partial charge in [0.15, 0.2) is 0 Å². The first-order valence-electron chi connectivity index (χ1n) is 25.6. The van der Waals surface area contributed by atoms with Gasteiger partial charge >= 0.3 is 17.6 Å². The normalized spacial score (nSPS) is 12.6. The summed E-state index contributed by atoms with van der Waals surface area (Å²) >= 11 is 0. The third-order valence-electron chi connectivity index (χ3n) is 11.8. The molecule has 1 fully saturated rings. The molecule has 0 aromatic rings. The van der Waals surface area contributed by atoms with Crippen LogP contribution in [0, 0.1) is 0 Å². The van der Waals surface area contributed by atoms with E-state index in [4.69, 9.17) is 4.74 Å². The van der Waals surface area contributed by atoms with Crippen LogP contribution in [0.3, 0.4) is 0 Å². The number of piperidine rings is 1. The molecule has 0 amide bonds. The Morgan fingerprint density at radius 2 is 0.966 bits per heavy atom. The number of ketones is 2. The van der Waals surface area contributed by atoms with Gasteiger partial charge in [0, 0.05) is 26.3 Å². The van der Waals surface area contributed by atoms with Gasteiger partial charge in [-0.15, -0.1) is 0 Å². The SMILES string of the molecule is CCCCCCC=O.CCCCCCCCCCCCCCCN(CCCCCCCC(=O)OCCCCCCCCC)CCCNC(C(=O)C(C)=O)=[N+]1CCCCC1. The number of rotatable bonds is 41. The first kappa shape index (κ1) is 56.9. The molecule has 0 radical (unpaired) electrons. The topological polar surface area (TPSA) is 95.8 Å². The third-order valence-corrected chi connectivity index (χ3v) is 11.8. The molecule has 1 aliphatic rings. The van der Waals surface area contributed by atoms with Gasteiger partial charge in [0.2, 0.25) is 5.78 Å². The van der Waals surface area contributed by atoms with E-state index in [1.54, 1.807) is 0 Å². The summed E-state index contributed by atoms with van der Waals surface area (Å²) in [5.74, 6) is -0.258. The van der Waals surface area contributed by atoms with E-state index in [1.165, 1.54) is 174 Å². The van der Waals surface area contributed by atoms with Crippen molar-refractivity contribution < 1.29 is 28.5 Å². The highest BCUT2D eigenvalue weighted by Crippen LogP contribution is 2.14. The fourth-order valence-electron chi connectivity index (χ4n) is 7.92. The summed E-state index contributed by atoms with van der Waals surface area (Å²) in [6.45, 7) is 14.3. The lowest BCUT2D eigenvalue weighted by Gasteiger charge is -2.22. The summed E-state index contributed by atoms with van der Waals surface area (Å²) in [5.41, 5.74) is 0. The molecule has 0 saturated carbocycles. The monoisotopic (exact) mass is 833 g/mol. The van der Waals surface area contributed by atoms with E-state index in [2.05, 4.69) is 35.6 Å². The summed E-state index contributed by atoms with van der Waals surface area (Å²) in [7, 11) is 0. The number of ether oxygens (including phenoxy) is 1. The zero-order valence-corrected chi connectivity index (χ0v) is 39.7. The summed E-state index contributed by atoms with van der Waals surface area (Å²) in [6.07, 6.45) is 43.5. The molecule has 1 saturated heterocycles. The van der Waals surface area contributed by atoms with E-state index in [9.17, 15) is 19.2 Å². The lowest BCUT2D eigenvalue weighted by atomic mass is 10.0. The predicted octanol–water partition coefficient (Wildman–Crippen LogP) is 12.9. The lowest BCUT2D eigenvalue weighted by molar-refractivity contribution is -0.538. The van der Waals surface area contributed by atoms with Gasteiger partial charge in [0.05, 0.1) is 26.2 Å². The Hall–Kier alpha value is -2.09. The van der Waals surface area contributed by atoms with E-state index in [1.807, 2.05) is 0 Å². The summed E-state index contributed by atoms with van der Waals surface area (Å²) in [4.78, 5) is 49.1. The second kappa shape index (κ2) is 45.4. The first-order valence-corrected chi connectivity index (χ1v) is 25.6. The molecule has 0 aromatic heterocycles. The van der Waals surface area contributed by atoms with Gasteiger partial charge < -0.3 is 14.4 Å². The molecule has 0 unspecified atom stereocenters.